The van der Waals surface area contributed by atoms with E-state index in [1.807, 2.05) is 41.3 Å². The van der Waals surface area contributed by atoms with E-state index in [4.69, 9.17) is 11.6 Å². The minimum absolute atomic E-state index is 0.115. The second-order valence-electron chi connectivity index (χ2n) is 8.04. The van der Waals surface area contributed by atoms with Crippen molar-refractivity contribution in [3.05, 3.63) is 59.4 Å². The van der Waals surface area contributed by atoms with Crippen molar-refractivity contribution < 1.29 is 9.59 Å². The Hall–Kier alpha value is -2.48. The van der Waals surface area contributed by atoms with Crippen LogP contribution in [-0.2, 0) is 16.1 Å². The van der Waals surface area contributed by atoms with Crippen LogP contribution in [0.1, 0.15) is 12.1 Å². The largest absolute Gasteiger partial charge is 0.368 e. The van der Waals surface area contributed by atoms with Crippen LogP contribution in [0.25, 0.3) is 0 Å². The average molecular weight is 442 g/mol. The summed E-state index contributed by atoms with van der Waals surface area (Å²) in [5.41, 5.74) is 1.95. The number of pyridine rings is 1. The number of anilines is 1. The molecule has 0 bridgehead atoms. The molecule has 0 unspecified atom stereocenters. The molecule has 1 aromatic heterocycles. The minimum Gasteiger partial charge on any atom is -0.368 e. The number of imide groups is 1. The number of benzene rings is 1. The third kappa shape index (κ3) is 5.61. The van der Waals surface area contributed by atoms with Crippen LogP contribution in [-0.4, -0.2) is 83.9 Å². The normalized spacial score (nSPS) is 18.6. The highest BCUT2D eigenvalue weighted by Crippen LogP contribution is 2.26. The Bertz CT molecular complexity index is 884. The lowest BCUT2D eigenvalue weighted by atomic mass is 10.2. The van der Waals surface area contributed by atoms with Crippen LogP contribution in [0, 0.1) is 0 Å². The quantitative estimate of drug-likeness (QED) is 0.613. The van der Waals surface area contributed by atoms with E-state index >= 15 is 0 Å². The summed E-state index contributed by atoms with van der Waals surface area (Å²) < 4.78 is 0. The molecule has 0 atom stereocenters. The molecule has 0 radical (unpaired) electrons. The van der Waals surface area contributed by atoms with Gasteiger partial charge in [0.2, 0.25) is 11.8 Å². The molecule has 0 spiro atoms. The van der Waals surface area contributed by atoms with Gasteiger partial charge in [0.1, 0.15) is 0 Å². The molecule has 8 heteroatoms. The van der Waals surface area contributed by atoms with Gasteiger partial charge in [-0.2, -0.15) is 0 Å². The molecule has 7 nitrogen and oxygen atoms in total. The second-order valence-corrected chi connectivity index (χ2v) is 8.45. The number of aromatic nitrogens is 1. The molecule has 0 aliphatic carbocycles. The standard InChI is InChI=1S/C23H28ClN5O2/c24-20-7-1-2-8-21(20)28-14-12-26(13-15-28)10-5-11-29-22(30)17-27(18-23(29)31)16-19-6-3-4-9-25-19/h1-4,6-9H,5,10-18H2. The van der Waals surface area contributed by atoms with Gasteiger partial charge in [-0.1, -0.05) is 29.8 Å². The zero-order valence-electron chi connectivity index (χ0n) is 17.6. The third-order valence-corrected chi connectivity index (χ3v) is 6.17. The number of halogens is 1. The number of carbonyl (C=O) groups excluding carboxylic acids is 2. The Kier molecular flexibility index (Phi) is 7.17. The molecule has 1 aromatic carbocycles. The summed E-state index contributed by atoms with van der Waals surface area (Å²) in [5, 5.41) is 0.787. The number of amides is 2. The molecule has 164 valence electrons. The Labute approximate surface area is 188 Å². The second kappa shape index (κ2) is 10.2. The highest BCUT2D eigenvalue weighted by molar-refractivity contribution is 6.33. The van der Waals surface area contributed by atoms with Crippen LogP contribution in [0.15, 0.2) is 48.7 Å². The maximum Gasteiger partial charge on any atom is 0.243 e. The van der Waals surface area contributed by atoms with Crippen molar-refractivity contribution in [1.29, 1.82) is 0 Å². The highest BCUT2D eigenvalue weighted by Gasteiger charge is 2.31. The van der Waals surface area contributed by atoms with Gasteiger partial charge in [0.15, 0.2) is 0 Å². The van der Waals surface area contributed by atoms with Crippen molar-refractivity contribution >= 4 is 29.1 Å². The molecule has 4 rings (SSSR count). The van der Waals surface area contributed by atoms with Gasteiger partial charge in [0.25, 0.3) is 0 Å². The molecule has 0 N–H and O–H groups in total. The predicted molar refractivity (Wildman–Crippen MR) is 121 cm³/mol. The monoisotopic (exact) mass is 441 g/mol. The topological polar surface area (TPSA) is 60.0 Å². The summed E-state index contributed by atoms with van der Waals surface area (Å²) in [6.45, 7) is 6.15. The number of hydrogen-bond acceptors (Lipinski definition) is 6. The molecule has 2 aliphatic rings. The summed E-state index contributed by atoms with van der Waals surface area (Å²) >= 11 is 6.31. The average Bonchev–Trinajstić information content (AvgIpc) is 2.77. The van der Waals surface area contributed by atoms with Crippen molar-refractivity contribution in [3.8, 4) is 0 Å². The van der Waals surface area contributed by atoms with Gasteiger partial charge in [-0.25, -0.2) is 0 Å². The van der Waals surface area contributed by atoms with Gasteiger partial charge < -0.3 is 4.90 Å². The van der Waals surface area contributed by atoms with Crippen LogP contribution in [0.3, 0.4) is 0 Å². The van der Waals surface area contributed by atoms with E-state index < -0.39 is 0 Å². The van der Waals surface area contributed by atoms with Crippen LogP contribution < -0.4 is 4.90 Å². The Balaban J connectivity index is 1.19. The zero-order chi connectivity index (χ0) is 21.6. The molecule has 2 amide bonds. The number of carbonyl (C=O) groups is 2. The van der Waals surface area contributed by atoms with E-state index in [2.05, 4.69) is 20.9 Å². The first kappa shape index (κ1) is 21.7. The van der Waals surface area contributed by atoms with Gasteiger partial charge in [-0.3, -0.25) is 29.3 Å². The van der Waals surface area contributed by atoms with Crippen LogP contribution in [0.5, 0.6) is 0 Å². The maximum absolute atomic E-state index is 12.5. The van der Waals surface area contributed by atoms with Gasteiger partial charge >= 0.3 is 0 Å². The lowest BCUT2D eigenvalue weighted by Gasteiger charge is -2.37. The van der Waals surface area contributed by atoms with Gasteiger partial charge in [-0.05, 0) is 37.2 Å². The fourth-order valence-electron chi connectivity index (χ4n) is 4.20. The van der Waals surface area contributed by atoms with E-state index in [1.165, 1.54) is 4.90 Å². The number of nitrogens with zero attached hydrogens (tertiary/aromatic N) is 5. The summed E-state index contributed by atoms with van der Waals surface area (Å²) in [6.07, 6.45) is 2.52. The Morgan fingerprint density at radius 2 is 1.55 bits per heavy atom. The first-order chi connectivity index (χ1) is 15.1. The smallest absolute Gasteiger partial charge is 0.243 e. The van der Waals surface area contributed by atoms with E-state index in [0.29, 0.717) is 13.1 Å². The molecule has 31 heavy (non-hydrogen) atoms. The van der Waals surface area contributed by atoms with Gasteiger partial charge in [0.05, 0.1) is 29.5 Å². The van der Waals surface area contributed by atoms with Crippen molar-refractivity contribution in [2.45, 2.75) is 13.0 Å². The highest BCUT2D eigenvalue weighted by atomic mass is 35.5. The minimum atomic E-state index is -0.115. The van der Waals surface area contributed by atoms with E-state index in [0.717, 1.165) is 55.5 Å². The van der Waals surface area contributed by atoms with Crippen molar-refractivity contribution in [3.63, 3.8) is 0 Å². The van der Waals surface area contributed by atoms with E-state index in [9.17, 15) is 9.59 Å². The molecular formula is C23H28ClN5O2. The van der Waals surface area contributed by atoms with E-state index in [-0.39, 0.29) is 24.9 Å². The zero-order valence-corrected chi connectivity index (χ0v) is 18.4. The number of piperazine rings is 2. The SMILES string of the molecule is O=C1CN(Cc2ccccn2)CC(=O)N1CCCN1CCN(c2ccccc2Cl)CC1. The fraction of sp³-hybridized carbons (Fsp3) is 0.435. The predicted octanol–water partition coefficient (Wildman–Crippen LogP) is 2.12. The van der Waals surface area contributed by atoms with E-state index in [1.54, 1.807) is 6.20 Å². The van der Waals surface area contributed by atoms with Crippen LogP contribution in [0.2, 0.25) is 5.02 Å². The van der Waals surface area contributed by atoms with Gasteiger partial charge in [-0.15, -0.1) is 0 Å². The lowest BCUT2D eigenvalue weighted by molar-refractivity contribution is -0.151. The first-order valence-corrected chi connectivity index (χ1v) is 11.2. The number of rotatable bonds is 7. The summed E-state index contributed by atoms with van der Waals surface area (Å²) in [7, 11) is 0. The molecule has 3 heterocycles. The van der Waals surface area contributed by atoms with Gasteiger partial charge in [0, 0.05) is 45.5 Å². The summed E-state index contributed by atoms with van der Waals surface area (Å²) in [5.74, 6) is -0.230. The third-order valence-electron chi connectivity index (χ3n) is 5.85. The first-order valence-electron chi connectivity index (χ1n) is 10.8. The number of para-hydroxylation sites is 1. The van der Waals surface area contributed by atoms with Crippen molar-refractivity contribution in [2.75, 3.05) is 57.3 Å². The van der Waals surface area contributed by atoms with Crippen molar-refractivity contribution in [1.82, 2.24) is 19.7 Å². The lowest BCUT2D eigenvalue weighted by Crippen LogP contribution is -2.54. The Morgan fingerprint density at radius 1 is 0.839 bits per heavy atom. The molecule has 2 aliphatic heterocycles. The summed E-state index contributed by atoms with van der Waals surface area (Å²) in [4.78, 5) is 37.3. The summed E-state index contributed by atoms with van der Waals surface area (Å²) in [6, 6.07) is 13.6. The van der Waals surface area contributed by atoms with Crippen LogP contribution in [0.4, 0.5) is 5.69 Å². The molecular weight excluding hydrogens is 414 g/mol. The number of hydrogen-bond donors (Lipinski definition) is 0. The molecule has 0 saturated carbocycles. The van der Waals surface area contributed by atoms with Crippen molar-refractivity contribution in [2.24, 2.45) is 0 Å². The Morgan fingerprint density at radius 3 is 2.23 bits per heavy atom. The molecule has 2 aromatic rings. The fourth-order valence-corrected chi connectivity index (χ4v) is 4.46. The molecule has 2 fully saturated rings. The molecule has 2 saturated heterocycles. The van der Waals surface area contributed by atoms with Crippen LogP contribution >= 0.6 is 11.6 Å². The maximum atomic E-state index is 12.5.